The van der Waals surface area contributed by atoms with Crippen LogP contribution in [0.1, 0.15) is 83.6 Å². The van der Waals surface area contributed by atoms with Crippen LogP contribution in [0.5, 0.6) is 5.75 Å². The molecule has 148 valence electrons. The molecule has 1 nitrogen and oxygen atoms in total. The van der Waals surface area contributed by atoms with Gasteiger partial charge in [-0.1, -0.05) is 38.0 Å². The fourth-order valence-corrected chi connectivity index (χ4v) is 8.25. The van der Waals surface area contributed by atoms with Crippen molar-refractivity contribution in [3.8, 4) is 5.75 Å². The van der Waals surface area contributed by atoms with Gasteiger partial charge in [-0.2, -0.15) is 0 Å². The Morgan fingerprint density at radius 3 is 2.44 bits per heavy atom. The van der Waals surface area contributed by atoms with E-state index in [-0.39, 0.29) is 0 Å². The summed E-state index contributed by atoms with van der Waals surface area (Å²) >= 11 is 0. The minimum atomic E-state index is 0.385. The molecule has 0 aromatic heterocycles. The van der Waals surface area contributed by atoms with E-state index in [1.54, 1.807) is 0 Å². The summed E-state index contributed by atoms with van der Waals surface area (Å²) in [5, 5.41) is 0. The molecule has 0 aliphatic heterocycles. The highest BCUT2D eigenvalue weighted by Gasteiger charge is 2.60. The molecule has 4 aliphatic carbocycles. The smallest absolute Gasteiger partial charge is 0.119 e. The highest BCUT2D eigenvalue weighted by Crippen LogP contribution is 2.66. The summed E-state index contributed by atoms with van der Waals surface area (Å²) in [6, 6.07) is 8.79. The van der Waals surface area contributed by atoms with Gasteiger partial charge in [0.2, 0.25) is 0 Å². The van der Waals surface area contributed by atoms with Gasteiger partial charge in [-0.05, 0) is 106 Å². The number of benzene rings is 1. The van der Waals surface area contributed by atoms with Crippen LogP contribution in [0.15, 0.2) is 24.3 Å². The quantitative estimate of drug-likeness (QED) is 0.539. The zero-order valence-electron chi connectivity index (χ0n) is 17.7. The largest absolute Gasteiger partial charge is 0.490 e. The molecule has 1 heteroatoms. The van der Waals surface area contributed by atoms with E-state index in [1.807, 2.05) is 0 Å². The molecule has 0 bridgehead atoms. The van der Waals surface area contributed by atoms with Crippen LogP contribution in [0.4, 0.5) is 0 Å². The number of ether oxygens (including phenoxy) is 1. The second-order valence-corrected chi connectivity index (χ2v) is 11.0. The molecule has 4 aliphatic rings. The van der Waals surface area contributed by atoms with Gasteiger partial charge in [0.15, 0.2) is 0 Å². The Bertz CT molecular complexity index is 678. The Morgan fingerprint density at radius 1 is 0.815 bits per heavy atom. The topological polar surface area (TPSA) is 9.23 Å². The molecule has 4 saturated carbocycles. The van der Waals surface area contributed by atoms with Gasteiger partial charge in [0.05, 0.1) is 0 Å². The van der Waals surface area contributed by atoms with E-state index in [2.05, 4.69) is 45.0 Å². The van der Waals surface area contributed by atoms with Gasteiger partial charge >= 0.3 is 0 Å². The van der Waals surface area contributed by atoms with Crippen molar-refractivity contribution in [2.75, 3.05) is 0 Å². The van der Waals surface area contributed by atoms with Crippen LogP contribution in [-0.4, -0.2) is 6.10 Å². The van der Waals surface area contributed by atoms with E-state index in [4.69, 9.17) is 4.74 Å². The Morgan fingerprint density at radius 2 is 1.63 bits per heavy atom. The molecule has 1 aromatic carbocycles. The maximum Gasteiger partial charge on any atom is 0.119 e. The van der Waals surface area contributed by atoms with Gasteiger partial charge in [0, 0.05) is 5.41 Å². The number of fused-ring (bicyclic) bond motifs is 5. The molecule has 1 unspecified atom stereocenters. The van der Waals surface area contributed by atoms with E-state index in [1.165, 1.54) is 69.8 Å². The van der Waals surface area contributed by atoms with E-state index in [9.17, 15) is 0 Å². The standard InChI is InChI=1S/C26H38O/c1-18-9-12-20(13-10-18)27-24-8-4-6-19-11-14-21-22-7-5-16-25(22,2)17-15-23(21)26(19,24)3/h9-10,12-13,19,21-24H,4-8,11,14-17H2,1-3H3/t19-,21+,22+,23+,24?,25+,26+/m1/s1. The van der Waals surface area contributed by atoms with Gasteiger partial charge in [-0.25, -0.2) is 0 Å². The lowest BCUT2D eigenvalue weighted by molar-refractivity contribution is -0.151. The molecular formula is C26H38O. The lowest BCUT2D eigenvalue weighted by Crippen LogP contribution is -2.58. The highest BCUT2D eigenvalue weighted by atomic mass is 16.5. The molecule has 4 fully saturated rings. The summed E-state index contributed by atoms with van der Waals surface area (Å²) in [4.78, 5) is 0. The van der Waals surface area contributed by atoms with Crippen LogP contribution in [-0.2, 0) is 0 Å². The maximum atomic E-state index is 6.77. The normalized spacial score (nSPS) is 46.3. The molecule has 7 atom stereocenters. The van der Waals surface area contributed by atoms with Gasteiger partial charge in [-0.15, -0.1) is 0 Å². The van der Waals surface area contributed by atoms with Crippen molar-refractivity contribution in [2.45, 2.75) is 91.1 Å². The van der Waals surface area contributed by atoms with Gasteiger partial charge in [0.1, 0.15) is 11.9 Å². The van der Waals surface area contributed by atoms with Gasteiger partial charge in [0.25, 0.3) is 0 Å². The van der Waals surface area contributed by atoms with E-state index >= 15 is 0 Å². The summed E-state index contributed by atoms with van der Waals surface area (Å²) in [5.74, 6) is 4.83. The van der Waals surface area contributed by atoms with Crippen LogP contribution < -0.4 is 4.74 Å². The number of hydrogen-bond acceptors (Lipinski definition) is 1. The molecule has 27 heavy (non-hydrogen) atoms. The Labute approximate surface area is 166 Å². The second-order valence-electron chi connectivity index (χ2n) is 11.0. The summed E-state index contributed by atoms with van der Waals surface area (Å²) < 4.78 is 6.77. The van der Waals surface area contributed by atoms with E-state index < -0.39 is 0 Å². The number of aryl methyl sites for hydroxylation is 1. The molecule has 0 saturated heterocycles. The third-order valence-electron chi connectivity index (χ3n) is 9.76. The van der Waals surface area contributed by atoms with Gasteiger partial charge in [-0.3, -0.25) is 0 Å². The first kappa shape index (κ1) is 18.1. The first-order valence-corrected chi connectivity index (χ1v) is 11.7. The third kappa shape index (κ3) is 2.78. The minimum absolute atomic E-state index is 0.385. The van der Waals surface area contributed by atoms with Crippen molar-refractivity contribution in [1.29, 1.82) is 0 Å². The maximum absolute atomic E-state index is 6.77. The molecule has 0 spiro atoms. The SMILES string of the molecule is Cc1ccc(OC2CCC[C@@H]3CC[C@H]4[C@@H]5CCC[C@@]5(C)CC[C@@H]4[C@@]23C)cc1. The van der Waals surface area contributed by atoms with Gasteiger partial charge < -0.3 is 4.74 Å². The van der Waals surface area contributed by atoms with Crippen molar-refractivity contribution in [3.05, 3.63) is 29.8 Å². The van der Waals surface area contributed by atoms with E-state index in [0.717, 1.165) is 29.4 Å². The summed E-state index contributed by atoms with van der Waals surface area (Å²) in [5.41, 5.74) is 2.36. The van der Waals surface area contributed by atoms with E-state index in [0.29, 0.717) is 16.9 Å². The number of hydrogen-bond donors (Lipinski definition) is 0. The third-order valence-corrected chi connectivity index (χ3v) is 9.76. The Balaban J connectivity index is 1.45. The average Bonchev–Trinajstić information content (AvgIpc) is 3.06. The molecule has 0 heterocycles. The summed E-state index contributed by atoms with van der Waals surface area (Å²) in [6.45, 7) is 7.43. The monoisotopic (exact) mass is 366 g/mol. The van der Waals surface area contributed by atoms with Crippen molar-refractivity contribution in [1.82, 2.24) is 0 Å². The molecule has 5 rings (SSSR count). The van der Waals surface area contributed by atoms with Crippen molar-refractivity contribution in [2.24, 2.45) is 34.5 Å². The van der Waals surface area contributed by atoms with Crippen LogP contribution >= 0.6 is 0 Å². The molecule has 0 radical (unpaired) electrons. The zero-order valence-corrected chi connectivity index (χ0v) is 17.7. The Hall–Kier alpha value is -0.980. The lowest BCUT2D eigenvalue weighted by Gasteiger charge is -2.61. The van der Waals surface area contributed by atoms with Crippen LogP contribution in [0.25, 0.3) is 0 Å². The van der Waals surface area contributed by atoms with Crippen LogP contribution in [0, 0.1) is 41.4 Å². The van der Waals surface area contributed by atoms with Crippen molar-refractivity contribution >= 4 is 0 Å². The fourth-order valence-electron chi connectivity index (χ4n) is 8.25. The second kappa shape index (κ2) is 6.53. The van der Waals surface area contributed by atoms with Crippen LogP contribution in [0.3, 0.4) is 0 Å². The lowest BCUT2D eigenvalue weighted by atomic mass is 9.44. The predicted octanol–water partition coefficient (Wildman–Crippen LogP) is 7.18. The number of rotatable bonds is 2. The zero-order chi connectivity index (χ0) is 18.6. The highest BCUT2D eigenvalue weighted by molar-refractivity contribution is 5.27. The molecule has 1 aromatic rings. The predicted molar refractivity (Wildman–Crippen MR) is 112 cm³/mol. The molecule has 0 N–H and O–H groups in total. The summed E-state index contributed by atoms with van der Waals surface area (Å²) in [7, 11) is 0. The van der Waals surface area contributed by atoms with Crippen molar-refractivity contribution in [3.63, 3.8) is 0 Å². The van der Waals surface area contributed by atoms with Crippen molar-refractivity contribution < 1.29 is 4.74 Å². The Kier molecular flexibility index (Phi) is 4.37. The first-order valence-electron chi connectivity index (χ1n) is 11.7. The first-order chi connectivity index (χ1) is 13.0. The molecular weight excluding hydrogens is 328 g/mol. The minimum Gasteiger partial charge on any atom is -0.490 e. The molecule has 0 amide bonds. The summed E-state index contributed by atoms with van der Waals surface area (Å²) in [6.07, 6.45) is 14.8. The average molecular weight is 367 g/mol. The van der Waals surface area contributed by atoms with Crippen LogP contribution in [0.2, 0.25) is 0 Å². The fraction of sp³-hybridized carbons (Fsp3) is 0.769.